The first-order valence-corrected chi connectivity index (χ1v) is 9.92. The SMILES string of the molecule is O=C(CNC(=O)C12CC3CC(CC(C3)C1)C2)NNC(=O)Cc1ccccc1. The van der Waals surface area contributed by atoms with Gasteiger partial charge in [-0.3, -0.25) is 25.2 Å². The molecule has 0 aromatic heterocycles. The first kappa shape index (κ1) is 18.0. The summed E-state index contributed by atoms with van der Waals surface area (Å²) in [5.74, 6) is 1.39. The maximum Gasteiger partial charge on any atom is 0.257 e. The van der Waals surface area contributed by atoms with Crippen LogP contribution in [0.2, 0.25) is 0 Å². The Balaban J connectivity index is 1.21. The summed E-state index contributed by atoms with van der Waals surface area (Å²) in [6.07, 6.45) is 6.95. The molecular formula is C21H27N3O3. The largest absolute Gasteiger partial charge is 0.346 e. The highest BCUT2D eigenvalue weighted by atomic mass is 16.2. The van der Waals surface area contributed by atoms with E-state index in [4.69, 9.17) is 0 Å². The number of amides is 3. The number of hydrogen-bond donors (Lipinski definition) is 3. The van der Waals surface area contributed by atoms with Gasteiger partial charge < -0.3 is 5.32 Å². The van der Waals surface area contributed by atoms with Gasteiger partial charge in [-0.25, -0.2) is 0 Å². The highest BCUT2D eigenvalue weighted by molar-refractivity contribution is 5.89. The topological polar surface area (TPSA) is 87.3 Å². The van der Waals surface area contributed by atoms with Crippen LogP contribution in [0.5, 0.6) is 0 Å². The number of carbonyl (C=O) groups excluding carboxylic acids is 3. The molecule has 27 heavy (non-hydrogen) atoms. The lowest BCUT2D eigenvalue weighted by Crippen LogP contribution is -2.55. The Morgan fingerprint density at radius 3 is 2.00 bits per heavy atom. The minimum Gasteiger partial charge on any atom is -0.346 e. The summed E-state index contributed by atoms with van der Waals surface area (Å²) in [5.41, 5.74) is 5.39. The molecule has 5 rings (SSSR count). The van der Waals surface area contributed by atoms with Gasteiger partial charge in [-0.15, -0.1) is 0 Å². The first-order valence-electron chi connectivity index (χ1n) is 9.92. The predicted molar refractivity (Wildman–Crippen MR) is 100 cm³/mol. The molecule has 0 atom stereocenters. The molecule has 0 unspecified atom stereocenters. The van der Waals surface area contributed by atoms with Crippen LogP contribution >= 0.6 is 0 Å². The van der Waals surface area contributed by atoms with E-state index >= 15 is 0 Å². The van der Waals surface area contributed by atoms with Gasteiger partial charge >= 0.3 is 0 Å². The molecule has 6 nitrogen and oxygen atoms in total. The van der Waals surface area contributed by atoms with Gasteiger partial charge in [0.2, 0.25) is 11.8 Å². The molecule has 3 N–H and O–H groups in total. The minimum absolute atomic E-state index is 0.0207. The van der Waals surface area contributed by atoms with Crippen LogP contribution in [0, 0.1) is 23.2 Å². The van der Waals surface area contributed by atoms with Gasteiger partial charge in [0.15, 0.2) is 0 Å². The van der Waals surface area contributed by atoms with Crippen LogP contribution in [0.15, 0.2) is 30.3 Å². The Hall–Kier alpha value is -2.37. The lowest BCUT2D eigenvalue weighted by atomic mass is 9.49. The van der Waals surface area contributed by atoms with Crippen molar-refractivity contribution in [1.29, 1.82) is 0 Å². The molecule has 0 radical (unpaired) electrons. The maximum atomic E-state index is 12.8. The van der Waals surface area contributed by atoms with E-state index in [2.05, 4.69) is 16.2 Å². The lowest BCUT2D eigenvalue weighted by molar-refractivity contribution is -0.147. The normalized spacial score (nSPS) is 30.6. The number of nitrogens with one attached hydrogen (secondary N) is 3. The Kier molecular flexibility index (Phi) is 4.89. The average molecular weight is 369 g/mol. The number of hydrazine groups is 1. The van der Waals surface area contributed by atoms with Crippen molar-refractivity contribution in [3.05, 3.63) is 35.9 Å². The van der Waals surface area contributed by atoms with Crippen molar-refractivity contribution in [2.75, 3.05) is 6.54 Å². The summed E-state index contributed by atoms with van der Waals surface area (Å²) in [6, 6.07) is 9.32. The standard InChI is InChI=1S/C21H27N3O3/c25-18(9-14-4-2-1-3-5-14)23-24-19(26)13-22-20(27)21-10-15-6-16(11-21)8-17(7-15)12-21/h1-5,15-17H,6-13H2,(H,22,27)(H,23,25)(H,24,26). The maximum absolute atomic E-state index is 12.8. The summed E-state index contributed by atoms with van der Waals surface area (Å²) in [6.45, 7) is -0.105. The molecule has 0 heterocycles. The number of hydrogen-bond acceptors (Lipinski definition) is 3. The van der Waals surface area contributed by atoms with Crippen molar-refractivity contribution in [2.24, 2.45) is 23.2 Å². The van der Waals surface area contributed by atoms with Crippen molar-refractivity contribution in [3.63, 3.8) is 0 Å². The number of rotatable bonds is 5. The van der Waals surface area contributed by atoms with Gasteiger partial charge in [-0.1, -0.05) is 30.3 Å². The van der Waals surface area contributed by atoms with E-state index in [0.717, 1.165) is 24.8 Å². The monoisotopic (exact) mass is 369 g/mol. The highest BCUT2D eigenvalue weighted by Crippen LogP contribution is 2.60. The summed E-state index contributed by atoms with van der Waals surface area (Å²) in [4.78, 5) is 36.7. The first-order chi connectivity index (χ1) is 13.0. The van der Waals surface area contributed by atoms with Crippen LogP contribution in [0.25, 0.3) is 0 Å². The van der Waals surface area contributed by atoms with E-state index in [1.54, 1.807) is 0 Å². The molecule has 0 spiro atoms. The zero-order chi connectivity index (χ0) is 18.9. The van der Waals surface area contributed by atoms with Crippen LogP contribution in [-0.4, -0.2) is 24.3 Å². The van der Waals surface area contributed by atoms with E-state index in [1.165, 1.54) is 19.3 Å². The van der Waals surface area contributed by atoms with Crippen LogP contribution in [0.3, 0.4) is 0 Å². The second-order valence-corrected chi connectivity index (χ2v) is 8.64. The second kappa shape index (κ2) is 7.33. The van der Waals surface area contributed by atoms with Gasteiger partial charge in [-0.05, 0) is 61.8 Å². The molecule has 4 fully saturated rings. The third kappa shape index (κ3) is 3.99. The molecule has 144 valence electrons. The van der Waals surface area contributed by atoms with Crippen LogP contribution in [0.1, 0.15) is 44.1 Å². The van der Waals surface area contributed by atoms with Gasteiger partial charge in [0.25, 0.3) is 5.91 Å². The molecule has 4 aliphatic rings. The minimum atomic E-state index is -0.408. The highest BCUT2D eigenvalue weighted by Gasteiger charge is 2.54. The quantitative estimate of drug-likeness (QED) is 0.691. The molecule has 6 heteroatoms. The van der Waals surface area contributed by atoms with E-state index in [1.807, 2.05) is 30.3 Å². The third-order valence-corrected chi connectivity index (χ3v) is 6.48. The van der Waals surface area contributed by atoms with Crippen molar-refractivity contribution < 1.29 is 14.4 Å². The summed E-state index contributed by atoms with van der Waals surface area (Å²) >= 11 is 0. The lowest BCUT2D eigenvalue weighted by Gasteiger charge is -2.55. The fraction of sp³-hybridized carbons (Fsp3) is 0.571. The Bertz CT molecular complexity index is 696. The van der Waals surface area contributed by atoms with E-state index in [0.29, 0.717) is 17.8 Å². The molecular weight excluding hydrogens is 342 g/mol. The second-order valence-electron chi connectivity index (χ2n) is 8.64. The van der Waals surface area contributed by atoms with Gasteiger partial charge in [0.1, 0.15) is 0 Å². The number of carbonyl (C=O) groups is 3. The fourth-order valence-electron chi connectivity index (χ4n) is 5.75. The summed E-state index contributed by atoms with van der Waals surface area (Å²) < 4.78 is 0. The Labute approximate surface area is 159 Å². The van der Waals surface area contributed by atoms with Crippen LogP contribution in [0.4, 0.5) is 0 Å². The molecule has 4 saturated carbocycles. The van der Waals surface area contributed by atoms with Crippen molar-refractivity contribution in [2.45, 2.75) is 44.9 Å². The van der Waals surface area contributed by atoms with Crippen molar-refractivity contribution >= 4 is 17.7 Å². The summed E-state index contributed by atoms with van der Waals surface area (Å²) in [5, 5.41) is 2.81. The van der Waals surface area contributed by atoms with Gasteiger partial charge in [0.05, 0.1) is 13.0 Å². The zero-order valence-corrected chi connectivity index (χ0v) is 15.5. The van der Waals surface area contributed by atoms with Crippen LogP contribution in [-0.2, 0) is 20.8 Å². The molecule has 3 amide bonds. The van der Waals surface area contributed by atoms with E-state index < -0.39 is 5.91 Å². The molecule has 1 aromatic carbocycles. The van der Waals surface area contributed by atoms with E-state index in [-0.39, 0.29) is 30.2 Å². The third-order valence-electron chi connectivity index (χ3n) is 6.48. The molecule has 1 aromatic rings. The molecule has 4 aliphatic carbocycles. The summed E-state index contributed by atoms with van der Waals surface area (Å²) in [7, 11) is 0. The van der Waals surface area contributed by atoms with Crippen molar-refractivity contribution in [3.8, 4) is 0 Å². The van der Waals surface area contributed by atoms with E-state index in [9.17, 15) is 14.4 Å². The predicted octanol–water partition coefficient (Wildman–Crippen LogP) is 1.71. The Morgan fingerprint density at radius 1 is 0.852 bits per heavy atom. The molecule has 0 saturated heterocycles. The molecule has 4 bridgehead atoms. The smallest absolute Gasteiger partial charge is 0.257 e. The van der Waals surface area contributed by atoms with Gasteiger partial charge in [0, 0.05) is 5.41 Å². The van der Waals surface area contributed by atoms with Crippen LogP contribution < -0.4 is 16.2 Å². The van der Waals surface area contributed by atoms with Crippen molar-refractivity contribution in [1.82, 2.24) is 16.2 Å². The average Bonchev–Trinajstić information content (AvgIpc) is 2.64. The Morgan fingerprint density at radius 2 is 1.41 bits per heavy atom. The fourth-order valence-corrected chi connectivity index (χ4v) is 5.75. The van der Waals surface area contributed by atoms with Gasteiger partial charge in [-0.2, -0.15) is 0 Å². The number of benzene rings is 1. The zero-order valence-electron chi connectivity index (χ0n) is 15.5. The molecule has 0 aliphatic heterocycles.